The Bertz CT molecular complexity index is 1060. The van der Waals surface area contributed by atoms with Crippen molar-refractivity contribution in [1.29, 1.82) is 0 Å². The van der Waals surface area contributed by atoms with E-state index in [1.165, 1.54) is 0 Å². The van der Waals surface area contributed by atoms with Gasteiger partial charge in [-0.25, -0.2) is 4.79 Å². The van der Waals surface area contributed by atoms with E-state index in [9.17, 15) is 14.4 Å². The summed E-state index contributed by atoms with van der Waals surface area (Å²) in [6.45, 7) is 14.7. The molecule has 1 aromatic heterocycles. The standard InChI is InChI=1S/C26H38N8O5/c1-5-9-27-22-29-23(28-10-6-2)31-24(30-22)32-12-14-33(15-13-32)25(37)39-17-26-8-7-11-34(26)21(36)19(20(26)35)38-16-18(3)4/h5-6,18-19H,1-2,7-17H2,3-4H3,(H2,27,28,29,30,31). The Morgan fingerprint density at radius 1 is 1.05 bits per heavy atom. The van der Waals surface area contributed by atoms with E-state index in [2.05, 4.69) is 38.7 Å². The van der Waals surface area contributed by atoms with E-state index in [1.54, 1.807) is 22.0 Å². The summed E-state index contributed by atoms with van der Waals surface area (Å²) in [6, 6.07) is 0. The molecule has 0 aliphatic carbocycles. The van der Waals surface area contributed by atoms with E-state index < -0.39 is 17.7 Å². The van der Waals surface area contributed by atoms with Crippen LogP contribution in [0.1, 0.15) is 26.7 Å². The van der Waals surface area contributed by atoms with Crippen molar-refractivity contribution in [1.82, 2.24) is 24.8 Å². The molecule has 3 aliphatic rings. The first-order valence-electron chi connectivity index (χ1n) is 13.4. The van der Waals surface area contributed by atoms with Gasteiger partial charge < -0.3 is 34.8 Å². The Hall–Kier alpha value is -3.74. The van der Waals surface area contributed by atoms with Gasteiger partial charge in [0.1, 0.15) is 12.1 Å². The van der Waals surface area contributed by atoms with Crippen LogP contribution in [0, 0.1) is 5.92 Å². The van der Waals surface area contributed by atoms with Crippen LogP contribution in [0.5, 0.6) is 0 Å². The smallest absolute Gasteiger partial charge is 0.409 e. The predicted octanol–water partition coefficient (Wildman–Crippen LogP) is 1.31. The van der Waals surface area contributed by atoms with Crippen LogP contribution >= 0.6 is 0 Å². The number of rotatable bonds is 12. The van der Waals surface area contributed by atoms with Crippen LogP contribution in [0.25, 0.3) is 0 Å². The van der Waals surface area contributed by atoms with Crippen molar-refractivity contribution in [3.63, 3.8) is 0 Å². The van der Waals surface area contributed by atoms with Gasteiger partial charge in [-0.3, -0.25) is 9.59 Å². The largest absolute Gasteiger partial charge is 0.446 e. The molecule has 0 radical (unpaired) electrons. The number of fused-ring (bicyclic) bond motifs is 1. The van der Waals surface area contributed by atoms with Gasteiger partial charge in [-0.2, -0.15) is 15.0 Å². The number of nitrogens with zero attached hydrogens (tertiary/aromatic N) is 6. The zero-order chi connectivity index (χ0) is 28.0. The van der Waals surface area contributed by atoms with Crippen LogP contribution in [-0.2, 0) is 19.1 Å². The van der Waals surface area contributed by atoms with Crippen molar-refractivity contribution in [2.75, 3.05) is 74.6 Å². The van der Waals surface area contributed by atoms with Gasteiger partial charge in [-0.05, 0) is 18.8 Å². The summed E-state index contributed by atoms with van der Waals surface area (Å²) in [7, 11) is 0. The van der Waals surface area contributed by atoms with Crippen molar-refractivity contribution >= 4 is 35.6 Å². The SMILES string of the molecule is C=CCNc1nc(NCC=C)nc(N2CCN(C(=O)OCC34CCCN3C(=O)C(OCC(C)C)C4=O)CC2)n1. The van der Waals surface area contributed by atoms with Crippen LogP contribution in [0.15, 0.2) is 25.3 Å². The summed E-state index contributed by atoms with van der Waals surface area (Å²) in [4.78, 5) is 57.6. The number of nitrogens with one attached hydrogen (secondary N) is 2. The molecule has 0 aromatic carbocycles. The number of aromatic nitrogens is 3. The molecular formula is C26H38N8O5. The molecule has 0 spiro atoms. The molecular weight excluding hydrogens is 504 g/mol. The fraction of sp³-hybridized carbons (Fsp3) is 0.615. The molecule has 4 heterocycles. The molecule has 0 bridgehead atoms. The first kappa shape index (κ1) is 28.3. The van der Waals surface area contributed by atoms with Crippen molar-refractivity contribution < 1.29 is 23.9 Å². The number of Topliss-reactive ketones (excluding diaryl/α,β-unsaturated/α-hetero) is 1. The number of anilines is 3. The minimum absolute atomic E-state index is 0.164. The normalized spacial score (nSPS) is 22.7. The summed E-state index contributed by atoms with van der Waals surface area (Å²) in [5, 5.41) is 6.16. The van der Waals surface area contributed by atoms with Crippen molar-refractivity contribution in [2.45, 2.75) is 38.3 Å². The molecule has 2 amide bonds. The molecule has 212 valence electrons. The molecule has 1 aromatic rings. The number of carbonyl (C=O) groups excluding carboxylic acids is 3. The minimum atomic E-state index is -1.13. The van der Waals surface area contributed by atoms with Gasteiger partial charge in [0.05, 0.1) is 6.61 Å². The van der Waals surface area contributed by atoms with Gasteiger partial charge in [-0.15, -0.1) is 13.2 Å². The average molecular weight is 543 g/mol. The summed E-state index contributed by atoms with van der Waals surface area (Å²) >= 11 is 0. The van der Waals surface area contributed by atoms with Gasteiger partial charge in [0.25, 0.3) is 5.91 Å². The van der Waals surface area contributed by atoms with Gasteiger partial charge in [-0.1, -0.05) is 26.0 Å². The number of hydrogen-bond acceptors (Lipinski definition) is 11. The minimum Gasteiger partial charge on any atom is -0.446 e. The fourth-order valence-corrected chi connectivity index (χ4v) is 4.96. The van der Waals surface area contributed by atoms with Crippen LogP contribution < -0.4 is 15.5 Å². The average Bonchev–Trinajstić information content (AvgIpc) is 3.45. The maximum absolute atomic E-state index is 13.3. The van der Waals surface area contributed by atoms with Crippen molar-refractivity contribution in [3.8, 4) is 0 Å². The highest BCUT2D eigenvalue weighted by Crippen LogP contribution is 2.39. The van der Waals surface area contributed by atoms with Crippen LogP contribution in [0.3, 0.4) is 0 Å². The molecule has 3 fully saturated rings. The highest BCUT2D eigenvalue weighted by Gasteiger charge is 2.61. The van der Waals surface area contributed by atoms with E-state index in [-0.39, 0.29) is 24.2 Å². The third-order valence-electron chi connectivity index (χ3n) is 6.96. The zero-order valence-corrected chi connectivity index (χ0v) is 22.7. The van der Waals surface area contributed by atoms with E-state index in [0.717, 1.165) is 0 Å². The molecule has 13 nitrogen and oxygen atoms in total. The zero-order valence-electron chi connectivity index (χ0n) is 22.7. The van der Waals surface area contributed by atoms with Crippen LogP contribution in [0.4, 0.5) is 22.6 Å². The maximum atomic E-state index is 13.3. The molecule has 3 aliphatic heterocycles. The Morgan fingerprint density at radius 3 is 2.28 bits per heavy atom. The number of ether oxygens (including phenoxy) is 2. The fourth-order valence-electron chi connectivity index (χ4n) is 4.96. The number of carbonyl (C=O) groups is 3. The highest BCUT2D eigenvalue weighted by atomic mass is 16.6. The maximum Gasteiger partial charge on any atom is 0.409 e. The second-order valence-electron chi connectivity index (χ2n) is 10.2. The molecule has 4 rings (SSSR count). The molecule has 2 N–H and O–H groups in total. The molecule has 13 heteroatoms. The number of ketones is 1. The van der Waals surface area contributed by atoms with Crippen LogP contribution in [-0.4, -0.2) is 113 Å². The number of piperazine rings is 1. The van der Waals surface area contributed by atoms with Gasteiger partial charge in [0, 0.05) is 45.8 Å². The quantitative estimate of drug-likeness (QED) is 0.292. The van der Waals surface area contributed by atoms with Crippen LogP contribution in [0.2, 0.25) is 0 Å². The van der Waals surface area contributed by atoms with Gasteiger partial charge in [0.15, 0.2) is 11.9 Å². The Labute approximate surface area is 228 Å². The van der Waals surface area contributed by atoms with E-state index >= 15 is 0 Å². The highest BCUT2D eigenvalue weighted by molar-refractivity contribution is 6.16. The lowest BCUT2D eigenvalue weighted by Gasteiger charge is -2.35. The lowest BCUT2D eigenvalue weighted by atomic mass is 9.93. The van der Waals surface area contributed by atoms with Gasteiger partial charge in [0.2, 0.25) is 17.8 Å². The topological polar surface area (TPSA) is 142 Å². The lowest BCUT2D eigenvalue weighted by molar-refractivity contribution is -0.141. The molecule has 0 saturated carbocycles. The van der Waals surface area contributed by atoms with Gasteiger partial charge >= 0.3 is 6.09 Å². The second-order valence-corrected chi connectivity index (χ2v) is 10.2. The third kappa shape index (κ3) is 6.13. The van der Waals surface area contributed by atoms with Crippen molar-refractivity contribution in [2.24, 2.45) is 5.92 Å². The number of hydrogen-bond donors (Lipinski definition) is 2. The summed E-state index contributed by atoms with van der Waals surface area (Å²) < 4.78 is 11.3. The first-order chi connectivity index (χ1) is 18.8. The molecule has 3 saturated heterocycles. The summed E-state index contributed by atoms with van der Waals surface area (Å²) in [5.74, 6) is 0.874. The second kappa shape index (κ2) is 12.4. The summed E-state index contributed by atoms with van der Waals surface area (Å²) in [6.07, 6.45) is 2.94. The predicted molar refractivity (Wildman–Crippen MR) is 146 cm³/mol. The van der Waals surface area contributed by atoms with E-state index in [0.29, 0.717) is 83.1 Å². The monoisotopic (exact) mass is 542 g/mol. The molecule has 39 heavy (non-hydrogen) atoms. The van der Waals surface area contributed by atoms with E-state index in [1.807, 2.05) is 18.7 Å². The number of amides is 2. The third-order valence-corrected chi connectivity index (χ3v) is 6.96. The Balaban J connectivity index is 1.35. The lowest BCUT2D eigenvalue weighted by Crippen LogP contribution is -2.53. The first-order valence-corrected chi connectivity index (χ1v) is 13.4. The van der Waals surface area contributed by atoms with E-state index in [4.69, 9.17) is 9.47 Å². The molecule has 2 atom stereocenters. The Kier molecular flexibility index (Phi) is 9.00. The Morgan fingerprint density at radius 2 is 1.69 bits per heavy atom. The molecule has 2 unspecified atom stereocenters. The summed E-state index contributed by atoms with van der Waals surface area (Å²) in [5.41, 5.74) is -1.13. The van der Waals surface area contributed by atoms with Crippen molar-refractivity contribution in [3.05, 3.63) is 25.3 Å².